The maximum atomic E-state index is 12.6. The fourth-order valence-corrected chi connectivity index (χ4v) is 2.93. The number of nitrogens with one attached hydrogen (secondary N) is 2. The highest BCUT2D eigenvalue weighted by molar-refractivity contribution is 6.10. The molecule has 1 aromatic heterocycles. The molecule has 3 aromatic carbocycles. The molecule has 2 amide bonds. The minimum atomic E-state index is -0.405. The quantitative estimate of drug-likeness (QED) is 0.514. The van der Waals surface area contributed by atoms with Crippen LogP contribution in [0.4, 0.5) is 11.4 Å². The lowest BCUT2D eigenvalue weighted by molar-refractivity contribution is -0.118. The van der Waals surface area contributed by atoms with Gasteiger partial charge in [0.25, 0.3) is 11.8 Å². The fraction of sp³-hybridized carbons (Fsp3) is 0.0435. The van der Waals surface area contributed by atoms with E-state index in [1.807, 2.05) is 42.5 Å². The predicted octanol–water partition coefficient (Wildman–Crippen LogP) is 3.90. The molecule has 0 unspecified atom stereocenters. The van der Waals surface area contributed by atoms with Crippen molar-refractivity contribution in [2.75, 3.05) is 17.2 Å². The number of aromatic nitrogens is 2. The zero-order chi connectivity index (χ0) is 20.8. The number of rotatable bonds is 6. The van der Waals surface area contributed by atoms with Gasteiger partial charge in [-0.1, -0.05) is 42.5 Å². The van der Waals surface area contributed by atoms with Crippen LogP contribution in [-0.2, 0) is 4.79 Å². The monoisotopic (exact) mass is 398 g/mol. The van der Waals surface area contributed by atoms with Crippen molar-refractivity contribution in [2.45, 2.75) is 0 Å². The van der Waals surface area contributed by atoms with Crippen LogP contribution in [0.5, 0.6) is 5.88 Å². The topological polar surface area (TPSA) is 93.2 Å². The molecule has 0 aliphatic carbocycles. The molecule has 30 heavy (non-hydrogen) atoms. The first-order valence-electron chi connectivity index (χ1n) is 9.28. The molecule has 4 aromatic rings. The lowest BCUT2D eigenvalue weighted by atomic mass is 10.1. The van der Waals surface area contributed by atoms with Gasteiger partial charge < -0.3 is 15.4 Å². The van der Waals surface area contributed by atoms with Crippen LogP contribution in [0.1, 0.15) is 10.4 Å². The van der Waals surface area contributed by atoms with Gasteiger partial charge in [-0.25, -0.2) is 9.97 Å². The van der Waals surface area contributed by atoms with Gasteiger partial charge in [-0.3, -0.25) is 9.59 Å². The fourth-order valence-electron chi connectivity index (χ4n) is 2.93. The summed E-state index contributed by atoms with van der Waals surface area (Å²) in [6.07, 6.45) is 1.39. The summed E-state index contributed by atoms with van der Waals surface area (Å²) in [6.45, 7) is -0.254. The number of benzene rings is 3. The molecule has 1 heterocycles. The average Bonchev–Trinajstić information content (AvgIpc) is 2.78. The van der Waals surface area contributed by atoms with Crippen molar-refractivity contribution in [1.29, 1.82) is 0 Å². The molecule has 4 rings (SSSR count). The van der Waals surface area contributed by atoms with Crippen molar-refractivity contribution < 1.29 is 14.3 Å². The number of nitrogens with zero attached hydrogens (tertiary/aromatic N) is 2. The van der Waals surface area contributed by atoms with E-state index < -0.39 is 5.91 Å². The summed E-state index contributed by atoms with van der Waals surface area (Å²) in [4.78, 5) is 33.3. The van der Waals surface area contributed by atoms with Crippen LogP contribution in [0, 0.1) is 0 Å². The van der Waals surface area contributed by atoms with E-state index in [2.05, 4.69) is 20.6 Å². The normalized spacial score (nSPS) is 10.4. The first kappa shape index (κ1) is 19.1. The standard InChI is InChI=1S/C23H18N4O3/c28-21(14-30-23-18-11-5-6-12-19(18)24-15-25-23)27-20-13-7-4-10-17(20)22(29)26-16-8-2-1-3-9-16/h1-13,15H,14H2,(H,26,29)(H,27,28). The van der Waals surface area contributed by atoms with Crippen LogP contribution in [0.15, 0.2) is 85.2 Å². The van der Waals surface area contributed by atoms with Crippen molar-refractivity contribution >= 4 is 34.1 Å². The molecule has 0 aliphatic heterocycles. The van der Waals surface area contributed by atoms with Gasteiger partial charge in [-0.2, -0.15) is 0 Å². The third-order valence-corrected chi connectivity index (χ3v) is 4.32. The maximum Gasteiger partial charge on any atom is 0.262 e. The summed E-state index contributed by atoms with van der Waals surface area (Å²) in [5, 5.41) is 6.26. The Kier molecular flexibility index (Phi) is 5.61. The number of para-hydroxylation sites is 3. The minimum Gasteiger partial charge on any atom is -0.467 e. The average molecular weight is 398 g/mol. The van der Waals surface area contributed by atoms with E-state index in [0.717, 1.165) is 10.9 Å². The predicted molar refractivity (Wildman–Crippen MR) is 114 cm³/mol. The number of ether oxygens (including phenoxy) is 1. The molecule has 7 nitrogen and oxygen atoms in total. The lowest BCUT2D eigenvalue weighted by Crippen LogP contribution is -2.23. The second-order valence-corrected chi connectivity index (χ2v) is 6.40. The number of fused-ring (bicyclic) bond motifs is 1. The Balaban J connectivity index is 1.44. The zero-order valence-corrected chi connectivity index (χ0v) is 15.9. The van der Waals surface area contributed by atoms with E-state index in [1.165, 1.54) is 6.33 Å². The Morgan fingerprint density at radius 2 is 1.53 bits per heavy atom. The summed E-state index contributed by atoms with van der Waals surface area (Å²) in [6, 6.07) is 23.3. The minimum absolute atomic E-state index is 0.254. The molecule has 0 fully saturated rings. The number of hydrogen-bond acceptors (Lipinski definition) is 5. The summed E-state index contributed by atoms with van der Waals surface area (Å²) in [7, 11) is 0. The second kappa shape index (κ2) is 8.83. The Morgan fingerprint density at radius 1 is 0.800 bits per heavy atom. The molecule has 148 valence electrons. The number of anilines is 2. The van der Waals surface area contributed by atoms with E-state index in [1.54, 1.807) is 36.4 Å². The van der Waals surface area contributed by atoms with Gasteiger partial charge in [0.2, 0.25) is 5.88 Å². The van der Waals surface area contributed by atoms with Crippen molar-refractivity contribution in [1.82, 2.24) is 9.97 Å². The number of carbonyl (C=O) groups excluding carboxylic acids is 2. The molecule has 2 N–H and O–H groups in total. The van der Waals surface area contributed by atoms with Crippen molar-refractivity contribution in [3.05, 3.63) is 90.8 Å². The van der Waals surface area contributed by atoms with E-state index in [9.17, 15) is 9.59 Å². The van der Waals surface area contributed by atoms with Gasteiger partial charge in [0, 0.05) is 5.69 Å². The summed E-state index contributed by atoms with van der Waals surface area (Å²) >= 11 is 0. The second-order valence-electron chi connectivity index (χ2n) is 6.40. The van der Waals surface area contributed by atoms with Crippen molar-refractivity contribution in [2.24, 2.45) is 0 Å². The lowest BCUT2D eigenvalue weighted by Gasteiger charge is -2.12. The molecule has 0 saturated carbocycles. The third-order valence-electron chi connectivity index (χ3n) is 4.32. The SMILES string of the molecule is O=C(COc1ncnc2ccccc12)Nc1ccccc1C(=O)Nc1ccccc1. The highest BCUT2D eigenvalue weighted by Crippen LogP contribution is 2.21. The molecular weight excluding hydrogens is 380 g/mol. The largest absolute Gasteiger partial charge is 0.467 e. The maximum absolute atomic E-state index is 12.6. The molecular formula is C23H18N4O3. The van der Waals surface area contributed by atoms with Gasteiger partial charge >= 0.3 is 0 Å². The van der Waals surface area contributed by atoms with Crippen LogP contribution in [0.2, 0.25) is 0 Å². The van der Waals surface area contributed by atoms with E-state index in [0.29, 0.717) is 22.8 Å². The first-order chi connectivity index (χ1) is 14.7. The number of carbonyl (C=O) groups is 2. The molecule has 0 radical (unpaired) electrons. The van der Waals surface area contributed by atoms with Crippen LogP contribution >= 0.6 is 0 Å². The smallest absolute Gasteiger partial charge is 0.262 e. The Hall–Kier alpha value is -4.26. The van der Waals surface area contributed by atoms with Gasteiger partial charge in [0.1, 0.15) is 6.33 Å². The van der Waals surface area contributed by atoms with Crippen LogP contribution in [0.25, 0.3) is 10.9 Å². The van der Waals surface area contributed by atoms with Gasteiger partial charge in [-0.05, 0) is 36.4 Å². The van der Waals surface area contributed by atoms with Gasteiger partial charge in [0.15, 0.2) is 6.61 Å². The Bertz CT molecular complexity index is 1190. The van der Waals surface area contributed by atoms with Crippen LogP contribution < -0.4 is 15.4 Å². The van der Waals surface area contributed by atoms with Crippen LogP contribution in [-0.4, -0.2) is 28.4 Å². The van der Waals surface area contributed by atoms with Crippen LogP contribution in [0.3, 0.4) is 0 Å². The van der Waals surface area contributed by atoms with Crippen molar-refractivity contribution in [3.8, 4) is 5.88 Å². The summed E-state index contributed by atoms with van der Waals surface area (Å²) in [5.41, 5.74) is 2.14. The Morgan fingerprint density at radius 3 is 2.40 bits per heavy atom. The van der Waals surface area contributed by atoms with Gasteiger partial charge in [0.05, 0.1) is 22.2 Å². The molecule has 7 heteroatoms. The highest BCUT2D eigenvalue weighted by atomic mass is 16.5. The molecule has 0 saturated heterocycles. The molecule has 0 spiro atoms. The van der Waals surface area contributed by atoms with Crippen molar-refractivity contribution in [3.63, 3.8) is 0 Å². The van der Waals surface area contributed by atoms with E-state index >= 15 is 0 Å². The highest BCUT2D eigenvalue weighted by Gasteiger charge is 2.14. The summed E-state index contributed by atoms with van der Waals surface area (Å²) in [5.74, 6) is -0.400. The molecule has 0 bridgehead atoms. The number of amides is 2. The third kappa shape index (κ3) is 4.41. The molecule has 0 atom stereocenters. The molecule has 0 aliphatic rings. The van der Waals surface area contributed by atoms with E-state index in [4.69, 9.17) is 4.74 Å². The summed E-state index contributed by atoms with van der Waals surface area (Å²) < 4.78 is 5.59. The number of hydrogen-bond donors (Lipinski definition) is 2. The van der Waals surface area contributed by atoms with Gasteiger partial charge in [-0.15, -0.1) is 0 Å². The Labute approximate surface area is 172 Å². The first-order valence-corrected chi connectivity index (χ1v) is 9.28. The van der Waals surface area contributed by atoms with E-state index in [-0.39, 0.29) is 12.5 Å². The zero-order valence-electron chi connectivity index (χ0n) is 15.9.